The molecule has 18 heavy (non-hydrogen) atoms. The standard InChI is InChI=1S/C14H29N3O/c1-4-5-10-16-12(18)17-11-14(15)8-6-13(2,3)7-9-14/h4-11,15H2,1-3H3,(H2,16,17,18). The Bertz CT molecular complexity index is 266. The van der Waals surface area contributed by atoms with Gasteiger partial charge in [0.2, 0.25) is 0 Å². The lowest BCUT2D eigenvalue weighted by atomic mass is 9.70. The van der Waals surface area contributed by atoms with Crippen LogP contribution in [0.25, 0.3) is 0 Å². The van der Waals surface area contributed by atoms with E-state index in [2.05, 4.69) is 31.4 Å². The van der Waals surface area contributed by atoms with Gasteiger partial charge in [-0.15, -0.1) is 0 Å². The van der Waals surface area contributed by atoms with Crippen LogP contribution >= 0.6 is 0 Å². The van der Waals surface area contributed by atoms with Crippen molar-refractivity contribution < 1.29 is 4.79 Å². The van der Waals surface area contributed by atoms with Gasteiger partial charge in [-0.25, -0.2) is 4.79 Å². The third-order valence-electron chi connectivity index (χ3n) is 4.02. The van der Waals surface area contributed by atoms with Crippen molar-refractivity contribution in [3.05, 3.63) is 0 Å². The van der Waals surface area contributed by atoms with Crippen molar-refractivity contribution in [2.24, 2.45) is 11.1 Å². The van der Waals surface area contributed by atoms with Crippen LogP contribution < -0.4 is 16.4 Å². The van der Waals surface area contributed by atoms with E-state index in [1.807, 2.05) is 0 Å². The number of nitrogens with one attached hydrogen (secondary N) is 2. The topological polar surface area (TPSA) is 67.2 Å². The first-order valence-corrected chi connectivity index (χ1v) is 7.17. The number of amides is 2. The van der Waals surface area contributed by atoms with Gasteiger partial charge in [-0.3, -0.25) is 0 Å². The Morgan fingerprint density at radius 2 is 1.78 bits per heavy atom. The first-order chi connectivity index (χ1) is 8.37. The highest BCUT2D eigenvalue weighted by Gasteiger charge is 2.35. The maximum Gasteiger partial charge on any atom is 0.314 e. The maximum absolute atomic E-state index is 11.6. The van der Waals surface area contributed by atoms with E-state index >= 15 is 0 Å². The second-order valence-corrected chi connectivity index (χ2v) is 6.49. The highest BCUT2D eigenvalue weighted by molar-refractivity contribution is 5.73. The summed E-state index contributed by atoms with van der Waals surface area (Å²) in [6, 6.07) is -0.0851. The lowest BCUT2D eigenvalue weighted by molar-refractivity contribution is 0.162. The van der Waals surface area contributed by atoms with Gasteiger partial charge in [0.05, 0.1) is 0 Å². The molecule has 1 rings (SSSR count). The van der Waals surface area contributed by atoms with Gasteiger partial charge >= 0.3 is 6.03 Å². The summed E-state index contributed by atoms with van der Waals surface area (Å²) in [5.74, 6) is 0. The van der Waals surface area contributed by atoms with Crippen molar-refractivity contribution in [3.63, 3.8) is 0 Å². The molecule has 1 aliphatic carbocycles. The van der Waals surface area contributed by atoms with Crippen molar-refractivity contribution >= 4 is 6.03 Å². The fourth-order valence-corrected chi connectivity index (χ4v) is 2.30. The van der Waals surface area contributed by atoms with Gasteiger partial charge < -0.3 is 16.4 Å². The summed E-state index contributed by atoms with van der Waals surface area (Å²) in [5.41, 5.74) is 6.54. The third-order valence-corrected chi connectivity index (χ3v) is 4.02. The van der Waals surface area contributed by atoms with Crippen LogP contribution in [-0.4, -0.2) is 24.7 Å². The zero-order valence-electron chi connectivity index (χ0n) is 12.1. The molecule has 4 heteroatoms. The Morgan fingerprint density at radius 1 is 1.17 bits per heavy atom. The molecule has 0 atom stereocenters. The van der Waals surface area contributed by atoms with Crippen LogP contribution in [0.3, 0.4) is 0 Å². The largest absolute Gasteiger partial charge is 0.338 e. The van der Waals surface area contributed by atoms with Gasteiger partial charge in [-0.1, -0.05) is 27.2 Å². The number of hydrogen-bond acceptors (Lipinski definition) is 2. The predicted molar refractivity (Wildman–Crippen MR) is 75.5 cm³/mol. The Morgan fingerprint density at radius 3 is 2.33 bits per heavy atom. The predicted octanol–water partition coefficient (Wildman–Crippen LogP) is 2.38. The van der Waals surface area contributed by atoms with Crippen molar-refractivity contribution in [2.75, 3.05) is 13.1 Å². The van der Waals surface area contributed by atoms with Crippen LogP contribution in [-0.2, 0) is 0 Å². The molecule has 0 aromatic heterocycles. The molecule has 0 unspecified atom stereocenters. The molecule has 4 N–H and O–H groups in total. The lowest BCUT2D eigenvalue weighted by Crippen LogP contribution is -2.54. The van der Waals surface area contributed by atoms with Gasteiger partial charge in [0.15, 0.2) is 0 Å². The molecule has 0 bridgehead atoms. The summed E-state index contributed by atoms with van der Waals surface area (Å²) in [6.45, 7) is 8.02. The van der Waals surface area contributed by atoms with Crippen molar-refractivity contribution in [2.45, 2.75) is 64.8 Å². The number of hydrogen-bond donors (Lipinski definition) is 3. The summed E-state index contributed by atoms with van der Waals surface area (Å²) >= 11 is 0. The number of urea groups is 1. The SMILES string of the molecule is CCCCNC(=O)NCC1(N)CCC(C)(C)CC1. The average molecular weight is 255 g/mol. The van der Waals surface area contributed by atoms with Gasteiger partial charge in [-0.2, -0.15) is 0 Å². The Labute approximate surface area is 111 Å². The minimum absolute atomic E-state index is 0.0851. The van der Waals surface area contributed by atoms with Crippen molar-refractivity contribution in [3.8, 4) is 0 Å². The van der Waals surface area contributed by atoms with E-state index in [4.69, 9.17) is 5.73 Å². The van der Waals surface area contributed by atoms with Gasteiger partial charge in [-0.05, 0) is 37.5 Å². The van der Waals surface area contributed by atoms with E-state index in [9.17, 15) is 4.79 Å². The molecule has 106 valence electrons. The molecule has 4 nitrogen and oxygen atoms in total. The summed E-state index contributed by atoms with van der Waals surface area (Å²) in [4.78, 5) is 11.6. The fraction of sp³-hybridized carbons (Fsp3) is 0.929. The van der Waals surface area contributed by atoms with Gasteiger partial charge in [0.25, 0.3) is 0 Å². The van der Waals surface area contributed by atoms with E-state index in [1.54, 1.807) is 0 Å². The highest BCUT2D eigenvalue weighted by Crippen LogP contribution is 2.38. The summed E-state index contributed by atoms with van der Waals surface area (Å²) < 4.78 is 0. The Balaban J connectivity index is 2.24. The second-order valence-electron chi connectivity index (χ2n) is 6.49. The maximum atomic E-state index is 11.6. The van der Waals surface area contributed by atoms with Gasteiger partial charge in [0.1, 0.15) is 0 Å². The first kappa shape index (κ1) is 15.3. The fourth-order valence-electron chi connectivity index (χ4n) is 2.30. The van der Waals surface area contributed by atoms with E-state index in [1.165, 1.54) is 0 Å². The van der Waals surface area contributed by atoms with E-state index in [-0.39, 0.29) is 11.6 Å². The molecular formula is C14H29N3O. The molecule has 0 spiro atoms. The van der Waals surface area contributed by atoms with E-state index in [0.717, 1.165) is 45.1 Å². The molecule has 1 aliphatic rings. The number of nitrogens with two attached hydrogens (primary N) is 1. The third kappa shape index (κ3) is 5.25. The summed E-state index contributed by atoms with van der Waals surface area (Å²) in [5, 5.41) is 5.76. The average Bonchev–Trinajstić information content (AvgIpc) is 2.32. The molecule has 2 amide bonds. The van der Waals surface area contributed by atoms with Crippen LogP contribution in [0.2, 0.25) is 0 Å². The van der Waals surface area contributed by atoms with E-state index in [0.29, 0.717) is 12.0 Å². The Hall–Kier alpha value is -0.770. The molecule has 0 radical (unpaired) electrons. The van der Waals surface area contributed by atoms with Crippen LogP contribution in [0.1, 0.15) is 59.3 Å². The van der Waals surface area contributed by atoms with Crippen LogP contribution in [0, 0.1) is 5.41 Å². The summed E-state index contributed by atoms with van der Waals surface area (Å²) in [6.07, 6.45) is 6.39. The van der Waals surface area contributed by atoms with Crippen molar-refractivity contribution in [1.82, 2.24) is 10.6 Å². The van der Waals surface area contributed by atoms with E-state index < -0.39 is 0 Å². The number of rotatable bonds is 5. The van der Waals surface area contributed by atoms with Crippen molar-refractivity contribution in [1.29, 1.82) is 0 Å². The molecule has 1 fully saturated rings. The normalized spacial score (nSPS) is 21.3. The second kappa shape index (κ2) is 6.41. The molecular weight excluding hydrogens is 226 g/mol. The molecule has 0 aromatic carbocycles. The first-order valence-electron chi connectivity index (χ1n) is 7.17. The summed E-state index contributed by atoms with van der Waals surface area (Å²) in [7, 11) is 0. The smallest absolute Gasteiger partial charge is 0.314 e. The van der Waals surface area contributed by atoms with Crippen LogP contribution in [0.15, 0.2) is 0 Å². The number of carbonyl (C=O) groups excluding carboxylic acids is 1. The highest BCUT2D eigenvalue weighted by atomic mass is 16.2. The lowest BCUT2D eigenvalue weighted by Gasteiger charge is -2.41. The molecule has 0 aromatic rings. The molecule has 0 aliphatic heterocycles. The molecule has 0 heterocycles. The van der Waals surface area contributed by atoms with Gasteiger partial charge in [0, 0.05) is 18.6 Å². The van der Waals surface area contributed by atoms with Crippen LogP contribution in [0.4, 0.5) is 4.79 Å². The Kier molecular flexibility index (Phi) is 5.45. The molecule has 0 saturated heterocycles. The minimum atomic E-state index is -0.211. The zero-order chi connectivity index (χ0) is 13.6. The number of unbranched alkanes of at least 4 members (excludes halogenated alkanes) is 1. The minimum Gasteiger partial charge on any atom is -0.338 e. The van der Waals surface area contributed by atoms with Crippen LogP contribution in [0.5, 0.6) is 0 Å². The quantitative estimate of drug-likeness (QED) is 0.660. The number of carbonyl (C=O) groups is 1. The monoisotopic (exact) mass is 255 g/mol. The molecule has 1 saturated carbocycles. The zero-order valence-corrected chi connectivity index (χ0v) is 12.1.